The van der Waals surface area contributed by atoms with Crippen LogP contribution in [-0.4, -0.2) is 49.7 Å². The number of aliphatic carboxylic acids is 1. The molecule has 0 saturated carbocycles. The van der Waals surface area contributed by atoms with Crippen molar-refractivity contribution < 1.29 is 24.1 Å². The van der Waals surface area contributed by atoms with Crippen molar-refractivity contribution in [3.63, 3.8) is 0 Å². The molecule has 100 valence electrons. The van der Waals surface area contributed by atoms with Gasteiger partial charge in [-0.3, -0.25) is 0 Å². The summed E-state index contributed by atoms with van der Waals surface area (Å²) in [6.45, 7) is 11.9. The molecule has 2 unspecified atom stereocenters. The molecule has 2 saturated heterocycles. The Hall–Kier alpha value is -0.910. The highest BCUT2D eigenvalue weighted by Crippen LogP contribution is 2.12. The molecule has 0 radical (unpaired) electrons. The fourth-order valence-electron chi connectivity index (χ4n) is 0.659. The predicted octanol–water partition coefficient (Wildman–Crippen LogP) is 1.47. The van der Waals surface area contributed by atoms with E-state index in [2.05, 4.69) is 6.58 Å². The van der Waals surface area contributed by atoms with Gasteiger partial charge >= 0.3 is 5.97 Å². The Morgan fingerprint density at radius 3 is 1.76 bits per heavy atom. The van der Waals surface area contributed by atoms with E-state index < -0.39 is 5.97 Å². The molecule has 17 heavy (non-hydrogen) atoms. The molecule has 0 bridgehead atoms. The molecule has 0 aromatic heterocycles. The predicted molar refractivity (Wildman–Crippen MR) is 64.1 cm³/mol. The molecule has 5 heteroatoms. The van der Waals surface area contributed by atoms with E-state index >= 15 is 0 Å². The molecule has 5 nitrogen and oxygen atoms in total. The molecule has 0 aromatic carbocycles. The quantitative estimate of drug-likeness (QED) is 0.587. The zero-order valence-corrected chi connectivity index (χ0v) is 10.8. The third kappa shape index (κ3) is 11.4. The first-order chi connectivity index (χ1) is 8.09. The SMILES string of the molecule is C(OCC1CO1)C1CO1.C=C(C)C(=O)O.CC. The topological polar surface area (TPSA) is 71.6 Å². The third-order valence-corrected chi connectivity index (χ3v) is 1.78. The molecular weight excluding hydrogens is 224 g/mol. The van der Waals surface area contributed by atoms with Crippen molar-refractivity contribution in [3.8, 4) is 0 Å². The largest absolute Gasteiger partial charge is 0.478 e. The maximum Gasteiger partial charge on any atom is 0.330 e. The minimum Gasteiger partial charge on any atom is -0.478 e. The number of carboxylic acid groups (broad SMARTS) is 1. The summed E-state index contributed by atoms with van der Waals surface area (Å²) in [5.74, 6) is -0.935. The number of rotatable bonds is 5. The Kier molecular flexibility index (Phi) is 8.66. The van der Waals surface area contributed by atoms with Crippen molar-refractivity contribution in [2.45, 2.75) is 33.0 Å². The van der Waals surface area contributed by atoms with E-state index in [9.17, 15) is 4.79 Å². The van der Waals surface area contributed by atoms with E-state index in [-0.39, 0.29) is 5.57 Å². The first-order valence-electron chi connectivity index (χ1n) is 5.79. The molecule has 0 aromatic rings. The Bertz CT molecular complexity index is 207. The Morgan fingerprint density at radius 2 is 1.59 bits per heavy atom. The van der Waals surface area contributed by atoms with E-state index in [1.165, 1.54) is 6.92 Å². The minimum absolute atomic E-state index is 0.176. The number of carbonyl (C=O) groups is 1. The average Bonchev–Trinajstić information content (AvgIpc) is 3.16. The van der Waals surface area contributed by atoms with Gasteiger partial charge in [-0.05, 0) is 6.92 Å². The second kappa shape index (κ2) is 9.15. The molecule has 0 aliphatic carbocycles. The average molecular weight is 246 g/mol. The van der Waals surface area contributed by atoms with Crippen molar-refractivity contribution in [1.82, 2.24) is 0 Å². The lowest BCUT2D eigenvalue weighted by Crippen LogP contribution is -2.06. The summed E-state index contributed by atoms with van der Waals surface area (Å²) in [6, 6.07) is 0. The maximum absolute atomic E-state index is 9.60. The van der Waals surface area contributed by atoms with Crippen molar-refractivity contribution in [2.24, 2.45) is 0 Å². The molecule has 2 fully saturated rings. The lowest BCUT2D eigenvalue weighted by molar-refractivity contribution is -0.132. The highest BCUT2D eigenvalue weighted by molar-refractivity contribution is 5.84. The molecule has 2 aliphatic rings. The van der Waals surface area contributed by atoms with E-state index in [0.717, 1.165) is 26.4 Å². The molecule has 2 heterocycles. The van der Waals surface area contributed by atoms with Gasteiger partial charge in [-0.1, -0.05) is 20.4 Å². The van der Waals surface area contributed by atoms with Crippen molar-refractivity contribution in [1.29, 1.82) is 0 Å². The normalized spacial score (nSPS) is 23.5. The molecular formula is C12H22O5. The summed E-state index contributed by atoms with van der Waals surface area (Å²) in [5, 5.41) is 7.89. The van der Waals surface area contributed by atoms with Crippen LogP contribution in [0.25, 0.3) is 0 Å². The molecule has 1 N–H and O–H groups in total. The van der Waals surface area contributed by atoms with Crippen LogP contribution in [0.3, 0.4) is 0 Å². The minimum atomic E-state index is -0.935. The van der Waals surface area contributed by atoms with Crippen LogP contribution in [-0.2, 0) is 19.0 Å². The smallest absolute Gasteiger partial charge is 0.330 e. The summed E-state index contributed by atoms with van der Waals surface area (Å²) in [6.07, 6.45) is 0.785. The molecule has 2 aliphatic heterocycles. The van der Waals surface area contributed by atoms with E-state index in [1.807, 2.05) is 13.8 Å². The summed E-state index contributed by atoms with van der Waals surface area (Å²) in [5.41, 5.74) is 0.176. The monoisotopic (exact) mass is 246 g/mol. The summed E-state index contributed by atoms with van der Waals surface area (Å²) >= 11 is 0. The Balaban J connectivity index is 0.000000283. The van der Waals surface area contributed by atoms with E-state index in [0.29, 0.717) is 12.2 Å². The number of epoxide rings is 2. The van der Waals surface area contributed by atoms with Gasteiger partial charge in [0, 0.05) is 5.57 Å². The van der Waals surface area contributed by atoms with Crippen LogP contribution in [0.4, 0.5) is 0 Å². The number of hydrogen-bond acceptors (Lipinski definition) is 4. The van der Waals surface area contributed by atoms with Gasteiger partial charge in [-0.2, -0.15) is 0 Å². The molecule has 0 spiro atoms. The fourth-order valence-corrected chi connectivity index (χ4v) is 0.659. The van der Waals surface area contributed by atoms with Gasteiger partial charge in [0.05, 0.1) is 26.4 Å². The first-order valence-corrected chi connectivity index (χ1v) is 5.79. The fraction of sp³-hybridized carbons (Fsp3) is 0.750. The third-order valence-electron chi connectivity index (χ3n) is 1.78. The van der Waals surface area contributed by atoms with E-state index in [4.69, 9.17) is 19.3 Å². The highest BCUT2D eigenvalue weighted by Gasteiger charge is 2.26. The van der Waals surface area contributed by atoms with Gasteiger partial charge in [-0.25, -0.2) is 4.79 Å². The van der Waals surface area contributed by atoms with Gasteiger partial charge < -0.3 is 19.3 Å². The van der Waals surface area contributed by atoms with Crippen LogP contribution in [0.5, 0.6) is 0 Å². The lowest BCUT2D eigenvalue weighted by atomic mass is 10.4. The second-order valence-corrected chi connectivity index (χ2v) is 3.53. The zero-order chi connectivity index (χ0) is 13.3. The second-order valence-electron chi connectivity index (χ2n) is 3.53. The summed E-state index contributed by atoms with van der Waals surface area (Å²) in [4.78, 5) is 9.60. The van der Waals surface area contributed by atoms with Crippen LogP contribution in [0.2, 0.25) is 0 Å². The van der Waals surface area contributed by atoms with Crippen molar-refractivity contribution in [2.75, 3.05) is 26.4 Å². The van der Waals surface area contributed by atoms with Gasteiger partial charge in [0.2, 0.25) is 0 Å². The zero-order valence-electron chi connectivity index (χ0n) is 10.8. The standard InChI is InChI=1S/C6H10O3.C4H6O2.C2H6/c1(5-3-8-5)7-2-6-4-9-6;1-3(2)4(5)6;1-2/h5-6H,1-4H2;1H2,2H3,(H,5,6);1-2H3. The van der Waals surface area contributed by atoms with Crippen LogP contribution >= 0.6 is 0 Å². The first kappa shape index (κ1) is 16.1. The summed E-state index contributed by atoms with van der Waals surface area (Å²) in [7, 11) is 0. The number of hydrogen-bond donors (Lipinski definition) is 1. The van der Waals surface area contributed by atoms with Gasteiger partial charge in [0.1, 0.15) is 12.2 Å². The maximum atomic E-state index is 9.60. The van der Waals surface area contributed by atoms with E-state index in [1.54, 1.807) is 0 Å². The summed E-state index contributed by atoms with van der Waals surface area (Å²) < 4.78 is 15.1. The van der Waals surface area contributed by atoms with Crippen LogP contribution in [0.15, 0.2) is 12.2 Å². The van der Waals surface area contributed by atoms with Crippen molar-refractivity contribution in [3.05, 3.63) is 12.2 Å². The highest BCUT2D eigenvalue weighted by atomic mass is 16.6. The van der Waals surface area contributed by atoms with Gasteiger partial charge in [-0.15, -0.1) is 0 Å². The lowest BCUT2D eigenvalue weighted by Gasteiger charge is -1.95. The molecule has 2 atom stereocenters. The number of ether oxygens (including phenoxy) is 3. The Morgan fingerprint density at radius 1 is 1.29 bits per heavy atom. The van der Waals surface area contributed by atoms with Crippen molar-refractivity contribution >= 4 is 5.97 Å². The number of carboxylic acids is 1. The Labute approximate surface area is 102 Å². The van der Waals surface area contributed by atoms with Crippen LogP contribution in [0, 0.1) is 0 Å². The molecule has 0 amide bonds. The van der Waals surface area contributed by atoms with Crippen LogP contribution < -0.4 is 0 Å². The molecule has 2 rings (SSSR count). The van der Waals surface area contributed by atoms with Gasteiger partial charge in [0.15, 0.2) is 0 Å². The van der Waals surface area contributed by atoms with Crippen LogP contribution in [0.1, 0.15) is 20.8 Å². The van der Waals surface area contributed by atoms with Gasteiger partial charge in [0.25, 0.3) is 0 Å².